The maximum absolute atomic E-state index is 11.6. The highest BCUT2D eigenvalue weighted by Gasteiger charge is 2.05. The molecule has 0 atom stereocenters. The average molecular weight is 277 g/mol. The lowest BCUT2D eigenvalue weighted by Gasteiger charge is -2.08. The number of nitrogens with one attached hydrogen (secondary N) is 1. The third-order valence-corrected chi connectivity index (χ3v) is 2.94. The molecule has 0 spiro atoms. The molecule has 4 nitrogen and oxygen atoms in total. The molecule has 0 heterocycles. The van der Waals surface area contributed by atoms with Gasteiger partial charge >= 0.3 is 5.97 Å². The number of hydrogen-bond acceptors (Lipinski definition) is 2. The summed E-state index contributed by atoms with van der Waals surface area (Å²) in [4.78, 5) is 22.0. The Bertz CT molecular complexity index is 438. The van der Waals surface area contributed by atoms with E-state index < -0.39 is 5.97 Å². The van der Waals surface area contributed by atoms with Crippen molar-refractivity contribution in [2.75, 3.05) is 5.32 Å². The van der Waals surface area contributed by atoms with Crippen molar-refractivity contribution >= 4 is 17.6 Å². The van der Waals surface area contributed by atoms with Crippen LogP contribution in [0.15, 0.2) is 24.3 Å². The Morgan fingerprint density at radius 2 is 1.80 bits per heavy atom. The molecule has 110 valence electrons. The number of anilines is 1. The largest absolute Gasteiger partial charge is 0.481 e. The lowest BCUT2D eigenvalue weighted by molar-refractivity contribution is -0.137. The second-order valence-electron chi connectivity index (χ2n) is 5.44. The summed E-state index contributed by atoms with van der Waals surface area (Å²) in [5, 5.41) is 11.4. The highest BCUT2D eigenvalue weighted by molar-refractivity contribution is 5.90. The van der Waals surface area contributed by atoms with E-state index in [-0.39, 0.29) is 12.3 Å². The van der Waals surface area contributed by atoms with Crippen molar-refractivity contribution in [3.63, 3.8) is 0 Å². The fraction of sp³-hybridized carbons (Fsp3) is 0.500. The summed E-state index contributed by atoms with van der Waals surface area (Å²) in [6, 6.07) is 7.74. The van der Waals surface area contributed by atoms with Crippen molar-refractivity contribution < 1.29 is 14.7 Å². The van der Waals surface area contributed by atoms with E-state index in [0.717, 1.165) is 24.1 Å². The van der Waals surface area contributed by atoms with Gasteiger partial charge in [0.25, 0.3) is 0 Å². The van der Waals surface area contributed by atoms with Crippen LogP contribution in [0.5, 0.6) is 0 Å². The van der Waals surface area contributed by atoms with E-state index in [2.05, 4.69) is 5.32 Å². The van der Waals surface area contributed by atoms with Gasteiger partial charge in [-0.1, -0.05) is 26.0 Å². The highest BCUT2D eigenvalue weighted by Crippen LogP contribution is 2.13. The Morgan fingerprint density at radius 1 is 1.15 bits per heavy atom. The lowest BCUT2D eigenvalue weighted by atomic mass is 10.1. The third kappa shape index (κ3) is 6.92. The summed E-state index contributed by atoms with van der Waals surface area (Å²) in [6.45, 7) is 4.03. The minimum atomic E-state index is -0.742. The third-order valence-electron chi connectivity index (χ3n) is 2.94. The van der Waals surface area contributed by atoms with E-state index >= 15 is 0 Å². The second-order valence-corrected chi connectivity index (χ2v) is 5.44. The minimum absolute atomic E-state index is 0.0363. The van der Waals surface area contributed by atoms with Crippen LogP contribution in [0.4, 0.5) is 5.69 Å². The zero-order valence-electron chi connectivity index (χ0n) is 12.2. The van der Waals surface area contributed by atoms with Gasteiger partial charge in [0.05, 0.1) is 0 Å². The van der Waals surface area contributed by atoms with Crippen LogP contribution >= 0.6 is 0 Å². The van der Waals surface area contributed by atoms with Crippen LogP contribution in [0.25, 0.3) is 0 Å². The van der Waals surface area contributed by atoms with Gasteiger partial charge in [0, 0.05) is 18.5 Å². The van der Waals surface area contributed by atoms with Gasteiger partial charge < -0.3 is 10.4 Å². The SMILES string of the molecule is CC(C)CC(=O)Nc1ccc(CCCCC(=O)O)cc1. The first-order valence-electron chi connectivity index (χ1n) is 7.08. The van der Waals surface area contributed by atoms with Gasteiger partial charge in [-0.15, -0.1) is 0 Å². The Labute approximate surface area is 120 Å². The van der Waals surface area contributed by atoms with E-state index in [9.17, 15) is 9.59 Å². The molecule has 0 aromatic heterocycles. The van der Waals surface area contributed by atoms with E-state index in [1.807, 2.05) is 38.1 Å². The van der Waals surface area contributed by atoms with Crippen LogP contribution in [-0.2, 0) is 16.0 Å². The number of benzene rings is 1. The Kier molecular flexibility index (Phi) is 6.77. The van der Waals surface area contributed by atoms with Gasteiger partial charge in [0.2, 0.25) is 5.91 Å². The van der Waals surface area contributed by atoms with Crippen molar-refractivity contribution in [1.29, 1.82) is 0 Å². The number of hydrogen-bond donors (Lipinski definition) is 2. The molecule has 0 radical (unpaired) electrons. The van der Waals surface area contributed by atoms with Crippen LogP contribution in [0.2, 0.25) is 0 Å². The summed E-state index contributed by atoms with van der Waals surface area (Å²) in [7, 11) is 0. The molecule has 1 aromatic rings. The minimum Gasteiger partial charge on any atom is -0.481 e. The number of carbonyl (C=O) groups excluding carboxylic acids is 1. The molecular weight excluding hydrogens is 254 g/mol. The second kappa shape index (κ2) is 8.35. The van der Waals surface area contributed by atoms with E-state index in [0.29, 0.717) is 18.8 Å². The first-order valence-corrected chi connectivity index (χ1v) is 7.08. The molecule has 0 bridgehead atoms. The maximum atomic E-state index is 11.6. The number of carboxylic acids is 1. The zero-order chi connectivity index (χ0) is 15.0. The molecule has 0 aliphatic heterocycles. The van der Waals surface area contributed by atoms with Gasteiger partial charge in [-0.25, -0.2) is 0 Å². The number of carbonyl (C=O) groups is 2. The predicted octanol–water partition coefficient (Wildman–Crippen LogP) is 3.47. The standard InChI is InChI=1S/C16H23NO3/c1-12(2)11-15(18)17-14-9-7-13(8-10-14)5-3-4-6-16(19)20/h7-10,12H,3-6,11H2,1-2H3,(H,17,18)(H,19,20). The molecule has 1 aromatic carbocycles. The number of amides is 1. The zero-order valence-corrected chi connectivity index (χ0v) is 12.2. The van der Waals surface area contributed by atoms with E-state index in [1.54, 1.807) is 0 Å². The Morgan fingerprint density at radius 3 is 2.35 bits per heavy atom. The van der Waals surface area contributed by atoms with Gasteiger partial charge in [-0.3, -0.25) is 9.59 Å². The van der Waals surface area contributed by atoms with Gasteiger partial charge in [0.15, 0.2) is 0 Å². The summed E-state index contributed by atoms with van der Waals surface area (Å²) in [5.74, 6) is -0.356. The quantitative estimate of drug-likeness (QED) is 0.715. The average Bonchev–Trinajstić information content (AvgIpc) is 2.35. The molecule has 0 unspecified atom stereocenters. The molecule has 0 saturated carbocycles. The maximum Gasteiger partial charge on any atom is 0.303 e. The topological polar surface area (TPSA) is 66.4 Å². The highest BCUT2D eigenvalue weighted by atomic mass is 16.4. The first kappa shape index (κ1) is 16.2. The fourth-order valence-electron chi connectivity index (χ4n) is 1.94. The lowest BCUT2D eigenvalue weighted by Crippen LogP contribution is -2.13. The number of carboxylic acid groups (broad SMARTS) is 1. The van der Waals surface area contributed by atoms with Crippen LogP contribution in [0.1, 0.15) is 45.1 Å². The monoisotopic (exact) mass is 277 g/mol. The smallest absolute Gasteiger partial charge is 0.303 e. The van der Waals surface area contributed by atoms with Crippen LogP contribution in [0, 0.1) is 5.92 Å². The van der Waals surface area contributed by atoms with Crippen LogP contribution in [0.3, 0.4) is 0 Å². The van der Waals surface area contributed by atoms with Crippen molar-refractivity contribution in [3.8, 4) is 0 Å². The number of aryl methyl sites for hydroxylation is 1. The predicted molar refractivity (Wildman–Crippen MR) is 79.7 cm³/mol. The van der Waals surface area contributed by atoms with E-state index in [1.165, 1.54) is 0 Å². The van der Waals surface area contributed by atoms with E-state index in [4.69, 9.17) is 5.11 Å². The number of aliphatic carboxylic acids is 1. The summed E-state index contributed by atoms with van der Waals surface area (Å²) < 4.78 is 0. The molecule has 1 rings (SSSR count). The normalized spacial score (nSPS) is 10.6. The summed E-state index contributed by atoms with van der Waals surface area (Å²) in [5.41, 5.74) is 1.97. The first-order chi connectivity index (χ1) is 9.47. The molecule has 0 fully saturated rings. The molecule has 1 amide bonds. The summed E-state index contributed by atoms with van der Waals surface area (Å²) in [6.07, 6.45) is 3.18. The molecular formula is C16H23NO3. The number of unbranched alkanes of at least 4 members (excludes halogenated alkanes) is 1. The molecule has 20 heavy (non-hydrogen) atoms. The van der Waals surface area contributed by atoms with Crippen molar-refractivity contribution in [1.82, 2.24) is 0 Å². The van der Waals surface area contributed by atoms with Gasteiger partial charge in [0.1, 0.15) is 0 Å². The summed E-state index contributed by atoms with van der Waals surface area (Å²) >= 11 is 0. The molecule has 0 saturated heterocycles. The fourth-order valence-corrected chi connectivity index (χ4v) is 1.94. The molecule has 4 heteroatoms. The number of rotatable bonds is 8. The Balaban J connectivity index is 2.36. The van der Waals surface area contributed by atoms with Crippen molar-refractivity contribution in [2.24, 2.45) is 5.92 Å². The van der Waals surface area contributed by atoms with Crippen molar-refractivity contribution in [3.05, 3.63) is 29.8 Å². The van der Waals surface area contributed by atoms with Gasteiger partial charge in [-0.2, -0.15) is 0 Å². The molecule has 0 aliphatic rings. The Hall–Kier alpha value is -1.84. The molecule has 2 N–H and O–H groups in total. The van der Waals surface area contributed by atoms with Crippen LogP contribution in [-0.4, -0.2) is 17.0 Å². The van der Waals surface area contributed by atoms with Crippen LogP contribution < -0.4 is 5.32 Å². The van der Waals surface area contributed by atoms with Gasteiger partial charge in [-0.05, 0) is 42.9 Å². The molecule has 0 aliphatic carbocycles. The van der Waals surface area contributed by atoms with Crippen molar-refractivity contribution in [2.45, 2.75) is 46.0 Å².